The standard InChI is InChI=1S/C40H32ClF10N5O4S/c1-55-34-27(5-6-28(41)30(34)29(53-55)17-61(2,59)60)26-4-3-24(7-8-37(58)18-38(46,47)19-37)52-32(26)21(11-20-12-22(42)15-23(43)13-20)14-25(57)16-56-35-31(33(54-56)36(44)45)39(48,49)9-10-40(35,50)51/h3-6,12-13,15,21,36,58H,9-11,14,16-19H2,1-2H3/t21-/m1/s1. The fraction of sp³-hybridized carbons (Fsp3) is 0.400. The van der Waals surface area contributed by atoms with Crippen molar-refractivity contribution >= 4 is 38.1 Å². The van der Waals surface area contributed by atoms with Gasteiger partial charge in [-0.2, -0.15) is 19.0 Å². The topological polar surface area (TPSA) is 120 Å². The van der Waals surface area contributed by atoms with Gasteiger partial charge in [0.05, 0.1) is 46.1 Å². The molecule has 3 heterocycles. The zero-order chi connectivity index (χ0) is 44.6. The Bertz CT molecular complexity index is 2750. The third-order valence-electron chi connectivity index (χ3n) is 10.4. The number of carbonyl (C=O) groups is 1. The third kappa shape index (κ3) is 9.00. The monoisotopic (exact) mass is 903 g/mol. The van der Waals surface area contributed by atoms with E-state index in [1.807, 2.05) is 0 Å². The number of pyridine rings is 1. The second-order valence-corrected chi connectivity index (χ2v) is 18.0. The van der Waals surface area contributed by atoms with Gasteiger partial charge < -0.3 is 5.11 Å². The SMILES string of the molecule is Cn1nc(CS(C)(=O)=O)c2c(Cl)ccc(-c3ccc(C#CC4(O)CC(F)(F)C4)nc3[C@@H](CC(=O)Cn3nc(C(F)F)c4c3C(F)(F)CCC4(F)F)Cc3cc(F)cc(F)c3)c21. The molecule has 21 heteroatoms. The Kier molecular flexibility index (Phi) is 11.1. The van der Waals surface area contributed by atoms with Crippen LogP contribution in [0.5, 0.6) is 0 Å². The highest BCUT2D eigenvalue weighted by atomic mass is 35.5. The number of ketones is 1. The fourth-order valence-corrected chi connectivity index (χ4v) is 8.96. The number of halogens is 11. The summed E-state index contributed by atoms with van der Waals surface area (Å²) >= 11 is 6.58. The number of aliphatic hydroxyl groups is 1. The molecule has 2 aliphatic rings. The largest absolute Gasteiger partial charge is 0.377 e. The Balaban J connectivity index is 1.40. The van der Waals surface area contributed by atoms with Crippen molar-refractivity contribution in [3.63, 3.8) is 0 Å². The van der Waals surface area contributed by atoms with Crippen LogP contribution in [0, 0.1) is 23.5 Å². The molecule has 2 aliphatic carbocycles. The summed E-state index contributed by atoms with van der Waals surface area (Å²) in [5.41, 5.74) is -6.59. The van der Waals surface area contributed by atoms with Crippen LogP contribution in [0.4, 0.5) is 43.9 Å². The second kappa shape index (κ2) is 15.4. The minimum atomic E-state index is -4.13. The Morgan fingerprint density at radius 1 is 0.934 bits per heavy atom. The van der Waals surface area contributed by atoms with Crippen LogP contribution in [0.3, 0.4) is 0 Å². The van der Waals surface area contributed by atoms with Gasteiger partial charge in [-0.05, 0) is 48.2 Å². The molecule has 3 aromatic heterocycles. The summed E-state index contributed by atoms with van der Waals surface area (Å²) in [5.74, 6) is -11.5. The molecule has 2 aromatic carbocycles. The summed E-state index contributed by atoms with van der Waals surface area (Å²) in [6.07, 6.45) is -8.82. The zero-order valence-corrected chi connectivity index (χ0v) is 33.4. The van der Waals surface area contributed by atoms with E-state index >= 15 is 8.78 Å². The van der Waals surface area contributed by atoms with Gasteiger partial charge in [0.1, 0.15) is 40.9 Å². The van der Waals surface area contributed by atoms with E-state index < -0.39 is 131 Å². The molecule has 0 amide bonds. The van der Waals surface area contributed by atoms with E-state index in [4.69, 9.17) is 11.6 Å². The highest BCUT2D eigenvalue weighted by Crippen LogP contribution is 2.52. The van der Waals surface area contributed by atoms with Gasteiger partial charge in [0.2, 0.25) is 0 Å². The molecule has 1 fully saturated rings. The van der Waals surface area contributed by atoms with Crippen molar-refractivity contribution in [3.8, 4) is 23.0 Å². The molecule has 1 N–H and O–H groups in total. The van der Waals surface area contributed by atoms with Crippen LogP contribution >= 0.6 is 11.6 Å². The van der Waals surface area contributed by atoms with Gasteiger partial charge in [-0.1, -0.05) is 23.6 Å². The summed E-state index contributed by atoms with van der Waals surface area (Å²) in [6, 6.07) is 8.07. The van der Waals surface area contributed by atoms with Crippen molar-refractivity contribution in [1.82, 2.24) is 24.5 Å². The lowest BCUT2D eigenvalue weighted by Crippen LogP contribution is -2.50. The molecule has 0 spiro atoms. The average molecular weight is 904 g/mol. The molecule has 7 rings (SSSR count). The molecule has 1 saturated carbocycles. The Morgan fingerprint density at radius 2 is 1.57 bits per heavy atom. The molecule has 0 radical (unpaired) electrons. The second-order valence-electron chi connectivity index (χ2n) is 15.5. The van der Waals surface area contributed by atoms with Gasteiger partial charge in [0, 0.05) is 61.1 Å². The highest BCUT2D eigenvalue weighted by molar-refractivity contribution is 7.89. The molecule has 0 unspecified atom stereocenters. The van der Waals surface area contributed by atoms with E-state index in [2.05, 4.69) is 27.0 Å². The van der Waals surface area contributed by atoms with E-state index in [9.17, 15) is 53.4 Å². The fourth-order valence-electron chi connectivity index (χ4n) is 8.00. The number of fused-ring (bicyclic) bond motifs is 2. The average Bonchev–Trinajstić information content (AvgIpc) is 3.67. The minimum absolute atomic E-state index is 0.0597. The molecular weight excluding hydrogens is 872 g/mol. The highest BCUT2D eigenvalue weighted by Gasteiger charge is 2.56. The molecule has 0 aliphatic heterocycles. The number of nitrogens with zero attached hydrogens (tertiary/aromatic N) is 5. The quantitative estimate of drug-likeness (QED) is 0.104. The van der Waals surface area contributed by atoms with E-state index in [1.165, 1.54) is 36.0 Å². The molecule has 0 saturated heterocycles. The predicted molar refractivity (Wildman–Crippen MR) is 200 cm³/mol. The van der Waals surface area contributed by atoms with E-state index in [0.717, 1.165) is 18.4 Å². The molecule has 9 nitrogen and oxygen atoms in total. The van der Waals surface area contributed by atoms with Crippen LogP contribution in [0.25, 0.3) is 22.0 Å². The van der Waals surface area contributed by atoms with Gasteiger partial charge in [0.25, 0.3) is 24.2 Å². The first-order valence-electron chi connectivity index (χ1n) is 18.3. The van der Waals surface area contributed by atoms with Gasteiger partial charge in [-0.25, -0.2) is 48.5 Å². The Morgan fingerprint density at radius 3 is 2.20 bits per heavy atom. The lowest BCUT2D eigenvalue weighted by molar-refractivity contribution is -0.176. The normalized spacial score (nSPS) is 18.0. The number of aryl methyl sites for hydroxylation is 1. The number of rotatable bonds is 11. The first kappa shape index (κ1) is 44.1. The van der Waals surface area contributed by atoms with Gasteiger partial charge >= 0.3 is 0 Å². The smallest absolute Gasteiger partial charge is 0.290 e. The van der Waals surface area contributed by atoms with Crippen LogP contribution in [-0.4, -0.2) is 61.6 Å². The van der Waals surface area contributed by atoms with E-state index in [-0.39, 0.29) is 54.4 Å². The molecular formula is C40H32ClF10N5O4S. The first-order chi connectivity index (χ1) is 28.2. The maximum Gasteiger partial charge on any atom is 0.290 e. The summed E-state index contributed by atoms with van der Waals surface area (Å²) in [5, 5.41) is 18.5. The van der Waals surface area contributed by atoms with Crippen LogP contribution in [-0.2, 0) is 52.2 Å². The molecule has 1 atom stereocenters. The van der Waals surface area contributed by atoms with Crippen molar-refractivity contribution in [2.75, 3.05) is 6.26 Å². The zero-order valence-electron chi connectivity index (χ0n) is 31.8. The maximum atomic E-state index is 15.3. The molecule has 0 bridgehead atoms. The van der Waals surface area contributed by atoms with Crippen LogP contribution in [0.2, 0.25) is 5.02 Å². The van der Waals surface area contributed by atoms with Gasteiger partial charge in [-0.15, -0.1) is 0 Å². The number of hydrogen-bond acceptors (Lipinski definition) is 7. The molecule has 5 aromatic rings. The van der Waals surface area contributed by atoms with Crippen molar-refractivity contribution < 1.29 is 62.2 Å². The summed E-state index contributed by atoms with van der Waals surface area (Å²) in [7, 11) is -2.19. The number of alkyl halides is 8. The van der Waals surface area contributed by atoms with Gasteiger partial charge in [-0.3, -0.25) is 14.2 Å². The first-order valence-corrected chi connectivity index (χ1v) is 20.8. The maximum absolute atomic E-state index is 15.3. The molecule has 324 valence electrons. The lowest BCUT2D eigenvalue weighted by Gasteiger charge is -2.39. The van der Waals surface area contributed by atoms with E-state index in [0.29, 0.717) is 6.07 Å². The third-order valence-corrected chi connectivity index (χ3v) is 11.5. The number of carbonyl (C=O) groups excluding carboxylic acids is 1. The lowest BCUT2D eigenvalue weighted by atomic mass is 9.77. The number of benzene rings is 2. The van der Waals surface area contributed by atoms with Crippen molar-refractivity contribution in [3.05, 3.63) is 98.7 Å². The van der Waals surface area contributed by atoms with Crippen LogP contribution < -0.4 is 0 Å². The summed E-state index contributed by atoms with van der Waals surface area (Å²) in [6.45, 7) is -1.23. The number of aromatic nitrogens is 5. The molecule has 61 heavy (non-hydrogen) atoms. The predicted octanol–water partition coefficient (Wildman–Crippen LogP) is 8.72. The van der Waals surface area contributed by atoms with Crippen LogP contribution in [0.15, 0.2) is 42.5 Å². The number of sulfone groups is 1. The Hall–Kier alpha value is -5.00. The van der Waals surface area contributed by atoms with Crippen LogP contribution in [0.1, 0.15) is 84.0 Å². The van der Waals surface area contributed by atoms with Crippen molar-refractivity contribution in [2.45, 2.75) is 86.5 Å². The van der Waals surface area contributed by atoms with E-state index in [1.54, 1.807) is 0 Å². The minimum Gasteiger partial charge on any atom is -0.377 e. The van der Waals surface area contributed by atoms with Crippen molar-refractivity contribution in [2.24, 2.45) is 7.05 Å². The summed E-state index contributed by atoms with van der Waals surface area (Å²) < 4.78 is 171. The Labute approximate surface area is 345 Å². The number of Topliss-reactive ketones (excluding diaryl/α,β-unsaturated/α-hetero) is 1. The summed E-state index contributed by atoms with van der Waals surface area (Å²) in [4.78, 5) is 18.6. The van der Waals surface area contributed by atoms with Gasteiger partial charge in [0.15, 0.2) is 15.6 Å². The number of hydrogen-bond donors (Lipinski definition) is 1. The van der Waals surface area contributed by atoms with Crippen molar-refractivity contribution in [1.29, 1.82) is 0 Å².